The molecule has 0 bridgehead atoms. The highest BCUT2D eigenvalue weighted by atomic mass is 32.2. The molecule has 1 amide bonds. The smallest absolute Gasteiger partial charge is 0.240 e. The minimum atomic E-state index is -3.57. The second kappa shape index (κ2) is 9.59. The largest absolute Gasteiger partial charge is 0.497 e. The van der Waals surface area contributed by atoms with E-state index in [0.29, 0.717) is 12.2 Å². The summed E-state index contributed by atoms with van der Waals surface area (Å²) in [5.41, 5.74) is 3.52. The van der Waals surface area contributed by atoms with Gasteiger partial charge in [-0.05, 0) is 61.6 Å². The summed E-state index contributed by atoms with van der Waals surface area (Å²) >= 11 is 0. The van der Waals surface area contributed by atoms with Gasteiger partial charge in [-0.3, -0.25) is 9.10 Å². The maximum atomic E-state index is 12.3. The van der Waals surface area contributed by atoms with Gasteiger partial charge in [-0.2, -0.15) is 0 Å². The normalized spacial score (nSPS) is 11.1. The molecule has 0 unspecified atom stereocenters. The van der Waals surface area contributed by atoms with Crippen LogP contribution in [-0.4, -0.2) is 40.8 Å². The van der Waals surface area contributed by atoms with Crippen LogP contribution in [-0.2, 0) is 21.2 Å². The summed E-state index contributed by atoms with van der Waals surface area (Å²) in [5.74, 6) is 0.491. The van der Waals surface area contributed by atoms with Crippen molar-refractivity contribution in [2.75, 3.05) is 30.8 Å². The van der Waals surface area contributed by atoms with E-state index in [1.165, 1.54) is 0 Å². The number of nitrogens with one attached hydrogen (secondary N) is 1. The maximum Gasteiger partial charge on any atom is 0.240 e. The second-order valence-electron chi connectivity index (χ2n) is 6.79. The molecule has 0 aliphatic carbocycles. The highest BCUT2D eigenvalue weighted by Gasteiger charge is 2.22. The molecule has 2 rings (SSSR count). The monoisotopic (exact) mass is 404 g/mol. The summed E-state index contributed by atoms with van der Waals surface area (Å²) in [4.78, 5) is 12.3. The number of carbonyl (C=O) groups is 1. The van der Waals surface area contributed by atoms with Gasteiger partial charge in [0.1, 0.15) is 12.3 Å². The Morgan fingerprint density at radius 2 is 1.79 bits per heavy atom. The molecular weight excluding hydrogens is 376 g/mol. The molecule has 28 heavy (non-hydrogen) atoms. The van der Waals surface area contributed by atoms with Crippen LogP contribution < -0.4 is 14.4 Å². The van der Waals surface area contributed by atoms with Gasteiger partial charge in [0.2, 0.25) is 15.9 Å². The first-order chi connectivity index (χ1) is 13.2. The summed E-state index contributed by atoms with van der Waals surface area (Å²) in [5, 5.41) is 2.81. The zero-order chi connectivity index (χ0) is 20.7. The standard InChI is InChI=1S/C21H28N2O4S/c1-16-7-5-9-20(17(16)2)23(28(4,25)26)15-21(24)22-14-6-8-18-10-12-19(27-3)13-11-18/h5,7,9-13H,6,8,14-15H2,1-4H3,(H,22,24). The van der Waals surface area contributed by atoms with Gasteiger partial charge in [0, 0.05) is 6.54 Å². The Bertz CT molecular complexity index is 909. The highest BCUT2D eigenvalue weighted by Crippen LogP contribution is 2.24. The fourth-order valence-corrected chi connectivity index (χ4v) is 3.79. The summed E-state index contributed by atoms with van der Waals surface area (Å²) < 4.78 is 30.8. The van der Waals surface area contributed by atoms with Crippen LogP contribution in [0.15, 0.2) is 42.5 Å². The number of carbonyl (C=O) groups excluding carboxylic acids is 1. The van der Waals surface area contributed by atoms with Gasteiger partial charge in [-0.15, -0.1) is 0 Å². The summed E-state index contributed by atoms with van der Waals surface area (Å²) in [6.07, 6.45) is 2.70. The minimum Gasteiger partial charge on any atom is -0.497 e. The lowest BCUT2D eigenvalue weighted by Crippen LogP contribution is -2.41. The molecule has 0 saturated carbocycles. The number of amides is 1. The Morgan fingerprint density at radius 1 is 1.11 bits per heavy atom. The number of hydrogen-bond donors (Lipinski definition) is 1. The first-order valence-electron chi connectivity index (χ1n) is 9.16. The number of methoxy groups -OCH3 is 1. The SMILES string of the molecule is COc1ccc(CCCNC(=O)CN(c2cccc(C)c2C)S(C)(=O)=O)cc1. The quantitative estimate of drug-likeness (QED) is 0.652. The van der Waals surface area contributed by atoms with Crippen LogP contribution in [0.25, 0.3) is 0 Å². The van der Waals surface area contributed by atoms with Gasteiger partial charge < -0.3 is 10.1 Å². The fraction of sp³-hybridized carbons (Fsp3) is 0.381. The molecule has 2 aromatic carbocycles. The van der Waals surface area contributed by atoms with Crippen molar-refractivity contribution in [3.05, 3.63) is 59.2 Å². The van der Waals surface area contributed by atoms with Crippen LogP contribution in [0.5, 0.6) is 5.75 Å². The molecule has 0 aliphatic heterocycles. The predicted molar refractivity (Wildman–Crippen MR) is 112 cm³/mol. The molecule has 0 aliphatic rings. The molecule has 2 aromatic rings. The average molecular weight is 405 g/mol. The number of ether oxygens (including phenoxy) is 1. The average Bonchev–Trinajstić information content (AvgIpc) is 2.65. The summed E-state index contributed by atoms with van der Waals surface area (Å²) in [7, 11) is -1.94. The number of aryl methyl sites for hydroxylation is 2. The highest BCUT2D eigenvalue weighted by molar-refractivity contribution is 7.92. The van der Waals surface area contributed by atoms with Crippen molar-refractivity contribution in [2.45, 2.75) is 26.7 Å². The van der Waals surface area contributed by atoms with Crippen LogP contribution in [0.3, 0.4) is 0 Å². The molecule has 7 heteroatoms. The molecule has 1 N–H and O–H groups in total. The van der Waals surface area contributed by atoms with Crippen LogP contribution >= 0.6 is 0 Å². The van der Waals surface area contributed by atoms with Gasteiger partial charge in [0.15, 0.2) is 0 Å². The van der Waals surface area contributed by atoms with Crippen molar-refractivity contribution in [1.29, 1.82) is 0 Å². The molecule has 152 valence electrons. The van der Waals surface area contributed by atoms with Gasteiger partial charge in [-0.1, -0.05) is 24.3 Å². The number of benzene rings is 2. The lowest BCUT2D eigenvalue weighted by molar-refractivity contribution is -0.119. The number of nitrogens with zero attached hydrogens (tertiary/aromatic N) is 1. The van der Waals surface area contributed by atoms with Gasteiger partial charge >= 0.3 is 0 Å². The third-order valence-corrected chi connectivity index (χ3v) is 5.78. The zero-order valence-corrected chi connectivity index (χ0v) is 17.7. The lowest BCUT2D eigenvalue weighted by Gasteiger charge is -2.24. The third-order valence-electron chi connectivity index (χ3n) is 4.66. The molecule has 0 radical (unpaired) electrons. The summed E-state index contributed by atoms with van der Waals surface area (Å²) in [6.45, 7) is 4.02. The second-order valence-corrected chi connectivity index (χ2v) is 8.70. The van der Waals surface area contributed by atoms with Crippen LogP contribution in [0.2, 0.25) is 0 Å². The Labute approximate surface area is 167 Å². The van der Waals surface area contributed by atoms with E-state index in [0.717, 1.165) is 45.8 Å². The molecule has 6 nitrogen and oxygen atoms in total. The molecule has 0 aromatic heterocycles. The van der Waals surface area contributed by atoms with Gasteiger partial charge in [0.25, 0.3) is 0 Å². The van der Waals surface area contributed by atoms with E-state index < -0.39 is 10.0 Å². The molecule has 0 atom stereocenters. The van der Waals surface area contributed by atoms with E-state index in [2.05, 4.69) is 5.32 Å². The Kier molecular flexibility index (Phi) is 7.45. The third kappa shape index (κ3) is 5.99. The van der Waals surface area contributed by atoms with Gasteiger partial charge in [0.05, 0.1) is 19.1 Å². The number of hydrogen-bond acceptors (Lipinski definition) is 4. The molecular formula is C21H28N2O4S. The zero-order valence-electron chi connectivity index (χ0n) is 16.9. The van der Waals surface area contributed by atoms with Crippen molar-refractivity contribution in [3.8, 4) is 5.75 Å². The molecule has 0 fully saturated rings. The molecule has 0 saturated heterocycles. The van der Waals surface area contributed by atoms with E-state index in [4.69, 9.17) is 4.74 Å². The van der Waals surface area contributed by atoms with Crippen molar-refractivity contribution < 1.29 is 17.9 Å². The maximum absolute atomic E-state index is 12.3. The lowest BCUT2D eigenvalue weighted by atomic mass is 10.1. The first kappa shape index (κ1) is 21.8. The number of anilines is 1. The van der Waals surface area contributed by atoms with Crippen molar-refractivity contribution in [2.24, 2.45) is 0 Å². The van der Waals surface area contributed by atoms with E-state index in [-0.39, 0.29) is 12.5 Å². The van der Waals surface area contributed by atoms with Crippen LogP contribution in [0.4, 0.5) is 5.69 Å². The number of sulfonamides is 1. The first-order valence-corrected chi connectivity index (χ1v) is 11.0. The van der Waals surface area contributed by atoms with Crippen LogP contribution in [0.1, 0.15) is 23.1 Å². The summed E-state index contributed by atoms with van der Waals surface area (Å²) in [6, 6.07) is 13.2. The fourth-order valence-electron chi connectivity index (χ4n) is 2.89. The van der Waals surface area contributed by atoms with E-state index in [1.807, 2.05) is 44.2 Å². The predicted octanol–water partition coefficient (Wildman–Crippen LogP) is 2.83. The Balaban J connectivity index is 1.92. The van der Waals surface area contributed by atoms with Gasteiger partial charge in [-0.25, -0.2) is 8.42 Å². The topological polar surface area (TPSA) is 75.7 Å². The molecule has 0 heterocycles. The minimum absolute atomic E-state index is 0.230. The number of rotatable bonds is 9. The molecule has 0 spiro atoms. The van der Waals surface area contributed by atoms with Crippen molar-refractivity contribution >= 4 is 21.6 Å². The Hall–Kier alpha value is -2.54. The van der Waals surface area contributed by atoms with E-state index >= 15 is 0 Å². The van der Waals surface area contributed by atoms with Crippen molar-refractivity contribution in [3.63, 3.8) is 0 Å². The van der Waals surface area contributed by atoms with E-state index in [9.17, 15) is 13.2 Å². The Morgan fingerprint density at radius 3 is 2.39 bits per heavy atom. The van der Waals surface area contributed by atoms with Crippen molar-refractivity contribution in [1.82, 2.24) is 5.32 Å². The van der Waals surface area contributed by atoms with Crippen LogP contribution in [0, 0.1) is 13.8 Å². The van der Waals surface area contributed by atoms with E-state index in [1.54, 1.807) is 19.2 Å².